The maximum atomic E-state index is 10.7. The number of carboxylic acid groups (broad SMARTS) is 1. The first kappa shape index (κ1) is 15.6. The van der Waals surface area contributed by atoms with Crippen LogP contribution in [0.5, 0.6) is 0 Å². The quantitative estimate of drug-likeness (QED) is 0.542. The van der Waals surface area contributed by atoms with Gasteiger partial charge in [-0.1, -0.05) is 0 Å². The van der Waals surface area contributed by atoms with E-state index in [1.165, 1.54) is 5.56 Å². The van der Waals surface area contributed by atoms with E-state index >= 15 is 0 Å². The smallest absolute Gasteiger partial charge is 0.550 e. The van der Waals surface area contributed by atoms with Crippen LogP contribution in [0.3, 0.4) is 0 Å². The average Bonchev–Trinajstić information content (AvgIpc) is 2.38. The number of piperidine rings is 1. The number of likely N-dealkylation sites (tertiary alicyclic amines) is 1. The van der Waals surface area contributed by atoms with Crippen LogP contribution in [-0.4, -0.2) is 35.5 Å². The van der Waals surface area contributed by atoms with Gasteiger partial charge >= 0.3 is 29.6 Å². The predicted octanol–water partition coefficient (Wildman–Crippen LogP) is -2.91. The van der Waals surface area contributed by atoms with Crippen LogP contribution in [0.2, 0.25) is 0 Å². The fourth-order valence-electron chi connectivity index (χ4n) is 2.23. The second kappa shape index (κ2) is 7.89. The van der Waals surface area contributed by atoms with E-state index in [2.05, 4.69) is 9.88 Å². The van der Waals surface area contributed by atoms with Gasteiger partial charge in [-0.3, -0.25) is 4.98 Å². The van der Waals surface area contributed by atoms with Crippen molar-refractivity contribution in [1.82, 2.24) is 9.88 Å². The summed E-state index contributed by atoms with van der Waals surface area (Å²) in [6.07, 6.45) is 6.05. The van der Waals surface area contributed by atoms with Gasteiger partial charge in [-0.15, -0.1) is 0 Å². The van der Waals surface area contributed by atoms with Gasteiger partial charge in [0.1, 0.15) is 0 Å². The maximum Gasteiger partial charge on any atom is 1.00 e. The molecular weight excluding hydrogens is 239 g/mol. The van der Waals surface area contributed by atoms with Crippen molar-refractivity contribution in [3.05, 3.63) is 30.1 Å². The Bertz CT molecular complexity index is 365. The normalized spacial score (nSPS) is 17.1. The van der Waals surface area contributed by atoms with E-state index in [1.54, 1.807) is 12.4 Å². The predicted molar refractivity (Wildman–Crippen MR) is 62.1 cm³/mol. The summed E-state index contributed by atoms with van der Waals surface area (Å²) in [5.41, 5.74) is 1.28. The van der Waals surface area contributed by atoms with Crippen LogP contribution in [0.15, 0.2) is 24.5 Å². The number of aliphatic carboxylic acids is 1. The van der Waals surface area contributed by atoms with Crippen molar-refractivity contribution >= 4 is 5.97 Å². The molecule has 92 valence electrons. The molecule has 0 N–H and O–H groups in total. The summed E-state index contributed by atoms with van der Waals surface area (Å²) in [4.78, 5) is 17.0. The number of pyridine rings is 1. The SMILES string of the molecule is O=C([O-])C1CCN(CCc2ccncc2)CC1.[Na+]. The zero-order valence-corrected chi connectivity index (χ0v) is 12.8. The summed E-state index contributed by atoms with van der Waals surface area (Å²) in [5.74, 6) is -1.13. The van der Waals surface area contributed by atoms with Crippen LogP contribution in [0.4, 0.5) is 0 Å². The first-order valence-corrected chi connectivity index (χ1v) is 6.08. The molecular formula is C13H17N2NaO2. The molecule has 0 amide bonds. The topological polar surface area (TPSA) is 56.3 Å². The molecule has 1 aliphatic heterocycles. The molecule has 1 saturated heterocycles. The second-order valence-corrected chi connectivity index (χ2v) is 4.54. The number of aromatic nitrogens is 1. The van der Waals surface area contributed by atoms with Crippen LogP contribution in [0, 0.1) is 5.92 Å². The first-order valence-electron chi connectivity index (χ1n) is 6.08. The van der Waals surface area contributed by atoms with E-state index in [4.69, 9.17) is 0 Å². The number of rotatable bonds is 4. The zero-order chi connectivity index (χ0) is 12.1. The monoisotopic (exact) mass is 256 g/mol. The number of carboxylic acids is 1. The molecule has 0 atom stereocenters. The summed E-state index contributed by atoms with van der Waals surface area (Å²) in [6.45, 7) is 2.72. The summed E-state index contributed by atoms with van der Waals surface area (Å²) in [7, 11) is 0. The van der Waals surface area contributed by atoms with Crippen molar-refractivity contribution in [1.29, 1.82) is 0 Å². The molecule has 0 saturated carbocycles. The Morgan fingerprint density at radius 3 is 2.50 bits per heavy atom. The molecule has 0 spiro atoms. The van der Waals surface area contributed by atoms with Gasteiger partial charge in [0.05, 0.1) is 0 Å². The fourth-order valence-corrected chi connectivity index (χ4v) is 2.23. The molecule has 5 heteroatoms. The van der Waals surface area contributed by atoms with E-state index in [-0.39, 0.29) is 35.5 Å². The van der Waals surface area contributed by atoms with Gasteiger partial charge in [-0.2, -0.15) is 0 Å². The van der Waals surface area contributed by atoms with Gasteiger partial charge in [-0.25, -0.2) is 0 Å². The number of nitrogens with zero attached hydrogens (tertiary/aromatic N) is 2. The molecule has 4 nitrogen and oxygen atoms in total. The average molecular weight is 256 g/mol. The Labute approximate surface area is 130 Å². The first-order chi connectivity index (χ1) is 8.25. The fraction of sp³-hybridized carbons (Fsp3) is 0.538. The van der Waals surface area contributed by atoms with Gasteiger partial charge in [0, 0.05) is 30.8 Å². The Morgan fingerprint density at radius 2 is 1.94 bits per heavy atom. The maximum absolute atomic E-state index is 10.7. The van der Waals surface area contributed by atoms with Crippen molar-refractivity contribution in [3.63, 3.8) is 0 Å². The Hall–Kier alpha value is -0.420. The van der Waals surface area contributed by atoms with Crippen molar-refractivity contribution in [2.24, 2.45) is 5.92 Å². The van der Waals surface area contributed by atoms with Gasteiger partial charge in [0.25, 0.3) is 0 Å². The van der Waals surface area contributed by atoms with Crippen LogP contribution < -0.4 is 34.7 Å². The second-order valence-electron chi connectivity index (χ2n) is 4.54. The molecule has 2 heterocycles. The van der Waals surface area contributed by atoms with Crippen LogP contribution >= 0.6 is 0 Å². The molecule has 18 heavy (non-hydrogen) atoms. The third kappa shape index (κ3) is 4.69. The molecule has 1 aromatic rings. The van der Waals surface area contributed by atoms with E-state index < -0.39 is 5.97 Å². The Morgan fingerprint density at radius 1 is 1.33 bits per heavy atom. The van der Waals surface area contributed by atoms with Crippen molar-refractivity contribution in [3.8, 4) is 0 Å². The number of carbonyl (C=O) groups excluding carboxylic acids is 1. The van der Waals surface area contributed by atoms with Crippen LogP contribution in [-0.2, 0) is 11.2 Å². The summed E-state index contributed by atoms with van der Waals surface area (Å²) in [6, 6.07) is 4.04. The third-order valence-corrected chi connectivity index (χ3v) is 3.39. The van der Waals surface area contributed by atoms with Gasteiger partial charge in [-0.05, 0) is 50.0 Å². The molecule has 0 aromatic carbocycles. The third-order valence-electron chi connectivity index (χ3n) is 3.39. The molecule has 1 aliphatic rings. The molecule has 0 aliphatic carbocycles. The number of hydrogen-bond donors (Lipinski definition) is 0. The summed E-state index contributed by atoms with van der Waals surface area (Å²) >= 11 is 0. The molecule has 0 unspecified atom stereocenters. The molecule has 0 bridgehead atoms. The van der Waals surface area contributed by atoms with Gasteiger partial charge < -0.3 is 14.8 Å². The minimum atomic E-state index is -0.890. The van der Waals surface area contributed by atoms with Crippen molar-refractivity contribution in [2.75, 3.05) is 19.6 Å². The largest absolute Gasteiger partial charge is 1.00 e. The van der Waals surface area contributed by atoms with E-state index in [0.717, 1.165) is 38.9 Å². The summed E-state index contributed by atoms with van der Waals surface area (Å²) < 4.78 is 0. The number of carbonyl (C=O) groups is 1. The van der Waals surface area contributed by atoms with Crippen molar-refractivity contribution in [2.45, 2.75) is 19.3 Å². The van der Waals surface area contributed by atoms with Gasteiger partial charge in [0.15, 0.2) is 0 Å². The zero-order valence-electron chi connectivity index (χ0n) is 10.8. The molecule has 0 radical (unpaired) electrons. The molecule has 1 fully saturated rings. The molecule has 1 aromatic heterocycles. The number of hydrogen-bond acceptors (Lipinski definition) is 4. The van der Waals surface area contributed by atoms with Crippen LogP contribution in [0.1, 0.15) is 18.4 Å². The van der Waals surface area contributed by atoms with Gasteiger partial charge in [0.2, 0.25) is 0 Å². The van der Waals surface area contributed by atoms with Crippen molar-refractivity contribution < 1.29 is 39.5 Å². The van der Waals surface area contributed by atoms with Crippen LogP contribution in [0.25, 0.3) is 0 Å². The minimum absolute atomic E-state index is 0. The standard InChI is InChI=1S/C13H18N2O2.Na/c16-13(17)12-4-9-15(10-5-12)8-3-11-1-6-14-7-2-11;/h1-2,6-7,12H,3-5,8-10H2,(H,16,17);/q;+1/p-1. The van der Waals surface area contributed by atoms with E-state index in [1.807, 2.05) is 12.1 Å². The Balaban J connectivity index is 0.00000162. The minimum Gasteiger partial charge on any atom is -0.550 e. The van der Waals surface area contributed by atoms with E-state index in [9.17, 15) is 9.90 Å². The summed E-state index contributed by atoms with van der Waals surface area (Å²) in [5, 5.41) is 10.7. The molecule has 2 rings (SSSR count). The Kier molecular flexibility index (Phi) is 6.86. The van der Waals surface area contributed by atoms with E-state index in [0.29, 0.717) is 0 Å².